The molecule has 0 spiro atoms. The largest absolute Gasteiger partial charge is 0.383 e. The lowest BCUT2D eigenvalue weighted by Crippen LogP contribution is -2.34. The van der Waals surface area contributed by atoms with Gasteiger partial charge in [0.1, 0.15) is 0 Å². The van der Waals surface area contributed by atoms with Gasteiger partial charge < -0.3 is 10.1 Å². The summed E-state index contributed by atoms with van der Waals surface area (Å²) in [6.45, 7) is 2.21. The molecule has 1 N–H and O–H groups in total. The molecule has 0 aliphatic heterocycles. The summed E-state index contributed by atoms with van der Waals surface area (Å²) in [5.74, 6) is -0.317. The van der Waals surface area contributed by atoms with Crippen LogP contribution in [0.3, 0.4) is 0 Å². The molecule has 0 unspecified atom stereocenters. The van der Waals surface area contributed by atoms with E-state index in [0.717, 1.165) is 0 Å². The molecule has 1 atom stereocenters. The van der Waals surface area contributed by atoms with Gasteiger partial charge in [0.15, 0.2) is 0 Å². The Morgan fingerprint density at radius 1 is 1.53 bits per heavy atom. The number of nitro groups is 1. The summed E-state index contributed by atoms with van der Waals surface area (Å²) < 4.78 is 4.89. The SMILES string of the molecule is COC[C@@H](C)NC(=O)/C=C/c1ccccc1[N+](=O)[O-]. The Morgan fingerprint density at radius 2 is 2.21 bits per heavy atom. The van der Waals surface area contributed by atoms with Gasteiger partial charge in [-0.15, -0.1) is 0 Å². The third-order valence-electron chi connectivity index (χ3n) is 2.35. The smallest absolute Gasteiger partial charge is 0.276 e. The Kier molecular flexibility index (Phi) is 5.69. The normalized spacial score (nSPS) is 12.3. The van der Waals surface area contributed by atoms with Crippen molar-refractivity contribution in [2.75, 3.05) is 13.7 Å². The quantitative estimate of drug-likeness (QED) is 0.482. The molecule has 0 saturated carbocycles. The lowest BCUT2D eigenvalue weighted by Gasteiger charge is -2.10. The van der Waals surface area contributed by atoms with E-state index in [-0.39, 0.29) is 17.6 Å². The molecular formula is C13H16N2O4. The summed E-state index contributed by atoms with van der Waals surface area (Å²) in [6, 6.07) is 6.12. The van der Waals surface area contributed by atoms with Crippen LogP contribution in [0.25, 0.3) is 6.08 Å². The summed E-state index contributed by atoms with van der Waals surface area (Å²) in [7, 11) is 1.55. The monoisotopic (exact) mass is 264 g/mol. The van der Waals surface area contributed by atoms with Crippen LogP contribution in [-0.4, -0.2) is 30.6 Å². The maximum atomic E-state index is 11.6. The molecule has 0 radical (unpaired) electrons. The molecular weight excluding hydrogens is 248 g/mol. The maximum absolute atomic E-state index is 11.6. The minimum Gasteiger partial charge on any atom is -0.383 e. The average molecular weight is 264 g/mol. The molecule has 6 nitrogen and oxygen atoms in total. The van der Waals surface area contributed by atoms with Crippen molar-refractivity contribution in [2.24, 2.45) is 0 Å². The summed E-state index contributed by atoms with van der Waals surface area (Å²) in [4.78, 5) is 21.9. The molecule has 0 saturated heterocycles. The molecule has 0 aliphatic carbocycles. The van der Waals surface area contributed by atoms with Crippen LogP contribution < -0.4 is 5.32 Å². The molecule has 1 aromatic carbocycles. The fraction of sp³-hybridized carbons (Fsp3) is 0.308. The second kappa shape index (κ2) is 7.27. The first kappa shape index (κ1) is 14.8. The first-order chi connectivity index (χ1) is 9.04. The van der Waals surface area contributed by atoms with Gasteiger partial charge in [0.25, 0.3) is 5.69 Å². The van der Waals surface area contributed by atoms with E-state index in [1.807, 2.05) is 0 Å². The third-order valence-corrected chi connectivity index (χ3v) is 2.35. The van der Waals surface area contributed by atoms with Crippen molar-refractivity contribution < 1.29 is 14.5 Å². The van der Waals surface area contributed by atoms with Crippen LogP contribution in [0, 0.1) is 10.1 Å². The van der Waals surface area contributed by atoms with E-state index in [1.54, 1.807) is 32.2 Å². The highest BCUT2D eigenvalue weighted by Crippen LogP contribution is 2.18. The van der Waals surface area contributed by atoms with Crippen LogP contribution in [-0.2, 0) is 9.53 Å². The van der Waals surface area contributed by atoms with E-state index >= 15 is 0 Å². The Bertz CT molecular complexity index is 485. The van der Waals surface area contributed by atoms with Gasteiger partial charge in [0, 0.05) is 25.3 Å². The number of ether oxygens (including phenoxy) is 1. The van der Waals surface area contributed by atoms with Crippen LogP contribution in [0.4, 0.5) is 5.69 Å². The minimum absolute atomic E-state index is 0.0310. The van der Waals surface area contributed by atoms with Gasteiger partial charge in [-0.2, -0.15) is 0 Å². The number of nitrogens with zero attached hydrogens (tertiary/aromatic N) is 1. The van der Waals surface area contributed by atoms with Gasteiger partial charge in [-0.1, -0.05) is 12.1 Å². The molecule has 0 heterocycles. The second-order valence-corrected chi connectivity index (χ2v) is 4.01. The third kappa shape index (κ3) is 4.89. The second-order valence-electron chi connectivity index (χ2n) is 4.01. The molecule has 6 heteroatoms. The average Bonchev–Trinajstić information content (AvgIpc) is 2.36. The summed E-state index contributed by atoms with van der Waals surface area (Å²) >= 11 is 0. The van der Waals surface area contributed by atoms with Crippen molar-refractivity contribution >= 4 is 17.7 Å². The first-order valence-corrected chi connectivity index (χ1v) is 5.75. The van der Waals surface area contributed by atoms with Crippen LogP contribution in [0.15, 0.2) is 30.3 Å². The fourth-order valence-electron chi connectivity index (χ4n) is 1.54. The van der Waals surface area contributed by atoms with E-state index in [1.165, 1.54) is 18.2 Å². The maximum Gasteiger partial charge on any atom is 0.276 e. The first-order valence-electron chi connectivity index (χ1n) is 5.75. The highest BCUT2D eigenvalue weighted by molar-refractivity contribution is 5.92. The summed E-state index contributed by atoms with van der Waals surface area (Å²) in [5, 5.41) is 13.5. The van der Waals surface area contributed by atoms with E-state index < -0.39 is 4.92 Å². The number of hydrogen-bond donors (Lipinski definition) is 1. The number of carbonyl (C=O) groups is 1. The number of rotatable bonds is 6. The van der Waals surface area contributed by atoms with Crippen LogP contribution >= 0.6 is 0 Å². The molecule has 19 heavy (non-hydrogen) atoms. The molecule has 102 valence electrons. The van der Waals surface area contributed by atoms with Crippen LogP contribution in [0.5, 0.6) is 0 Å². The highest BCUT2D eigenvalue weighted by atomic mass is 16.6. The zero-order valence-electron chi connectivity index (χ0n) is 10.8. The standard InChI is InChI=1S/C13H16N2O4/c1-10(9-19-2)14-13(16)8-7-11-5-3-4-6-12(11)15(17)18/h3-8,10H,9H2,1-2H3,(H,14,16)/b8-7+/t10-/m1/s1. The van der Waals surface area contributed by atoms with Crippen molar-refractivity contribution in [1.82, 2.24) is 5.32 Å². The molecule has 1 aromatic rings. The minimum atomic E-state index is -0.481. The molecule has 0 fully saturated rings. The predicted molar refractivity (Wildman–Crippen MR) is 71.6 cm³/mol. The van der Waals surface area contributed by atoms with Gasteiger partial charge in [-0.05, 0) is 19.1 Å². The molecule has 0 aromatic heterocycles. The number of para-hydroxylation sites is 1. The van der Waals surface area contributed by atoms with Gasteiger partial charge in [-0.3, -0.25) is 14.9 Å². The molecule has 1 amide bonds. The van der Waals surface area contributed by atoms with E-state index in [9.17, 15) is 14.9 Å². The van der Waals surface area contributed by atoms with E-state index in [0.29, 0.717) is 12.2 Å². The Balaban J connectivity index is 2.71. The van der Waals surface area contributed by atoms with Gasteiger partial charge in [-0.25, -0.2) is 0 Å². The molecule has 0 bridgehead atoms. The van der Waals surface area contributed by atoms with E-state index in [2.05, 4.69) is 5.32 Å². The fourth-order valence-corrected chi connectivity index (χ4v) is 1.54. The number of carbonyl (C=O) groups excluding carboxylic acids is 1. The van der Waals surface area contributed by atoms with Crippen LogP contribution in [0.1, 0.15) is 12.5 Å². The van der Waals surface area contributed by atoms with Crippen molar-refractivity contribution in [2.45, 2.75) is 13.0 Å². The Hall–Kier alpha value is -2.21. The van der Waals surface area contributed by atoms with E-state index in [4.69, 9.17) is 4.74 Å². The highest BCUT2D eigenvalue weighted by Gasteiger charge is 2.10. The number of nitro benzene ring substituents is 1. The number of nitrogens with one attached hydrogen (secondary N) is 1. The van der Waals surface area contributed by atoms with Crippen molar-refractivity contribution in [3.05, 3.63) is 46.0 Å². The number of benzene rings is 1. The number of hydrogen-bond acceptors (Lipinski definition) is 4. The van der Waals surface area contributed by atoms with Crippen molar-refractivity contribution in [1.29, 1.82) is 0 Å². The predicted octanol–water partition coefficient (Wildman–Crippen LogP) is 1.76. The van der Waals surface area contributed by atoms with Crippen LogP contribution in [0.2, 0.25) is 0 Å². The molecule has 1 rings (SSSR count). The molecule has 0 aliphatic rings. The van der Waals surface area contributed by atoms with Gasteiger partial charge >= 0.3 is 0 Å². The summed E-state index contributed by atoms with van der Waals surface area (Å²) in [6.07, 6.45) is 2.70. The number of methoxy groups -OCH3 is 1. The Morgan fingerprint density at radius 3 is 2.84 bits per heavy atom. The zero-order valence-corrected chi connectivity index (χ0v) is 10.8. The Labute approximate surface area is 111 Å². The zero-order chi connectivity index (χ0) is 14.3. The lowest BCUT2D eigenvalue weighted by atomic mass is 10.1. The number of amides is 1. The van der Waals surface area contributed by atoms with Crippen molar-refractivity contribution in [3.63, 3.8) is 0 Å². The van der Waals surface area contributed by atoms with Gasteiger partial charge in [0.05, 0.1) is 17.1 Å². The topological polar surface area (TPSA) is 81.5 Å². The summed E-state index contributed by atoms with van der Waals surface area (Å²) in [5.41, 5.74) is 0.360. The lowest BCUT2D eigenvalue weighted by molar-refractivity contribution is -0.385. The van der Waals surface area contributed by atoms with Crippen molar-refractivity contribution in [3.8, 4) is 0 Å². The van der Waals surface area contributed by atoms with Gasteiger partial charge in [0.2, 0.25) is 5.91 Å².